The van der Waals surface area contributed by atoms with E-state index in [1.54, 1.807) is 9.80 Å². The van der Waals surface area contributed by atoms with Crippen LogP contribution in [0.25, 0.3) is 0 Å². The van der Waals surface area contributed by atoms with Gasteiger partial charge in [-0.2, -0.15) is 0 Å². The lowest BCUT2D eigenvalue weighted by Crippen LogP contribution is -2.52. The standard InChI is InChI=1S/C14H24N2O4/c1-9(2)16-6-11(4-13(16)18)14(19)15-5-10(3)20-12(7-15)8-17/h9-12,17H,4-8H2,1-3H3. The quantitative estimate of drug-likeness (QED) is 0.782. The van der Waals surface area contributed by atoms with E-state index in [0.29, 0.717) is 26.1 Å². The first-order chi connectivity index (χ1) is 9.42. The second-order valence-electron chi connectivity index (χ2n) is 6.04. The highest BCUT2D eigenvalue weighted by Crippen LogP contribution is 2.23. The Morgan fingerprint density at radius 2 is 2.10 bits per heavy atom. The number of amides is 2. The van der Waals surface area contributed by atoms with Gasteiger partial charge in [0, 0.05) is 32.1 Å². The Morgan fingerprint density at radius 3 is 2.65 bits per heavy atom. The van der Waals surface area contributed by atoms with Crippen molar-refractivity contribution in [1.82, 2.24) is 9.80 Å². The zero-order chi connectivity index (χ0) is 14.9. The van der Waals surface area contributed by atoms with E-state index in [-0.39, 0.29) is 42.6 Å². The molecule has 2 aliphatic rings. The molecule has 2 fully saturated rings. The third-order valence-corrected chi connectivity index (χ3v) is 3.97. The molecule has 3 unspecified atom stereocenters. The van der Waals surface area contributed by atoms with Gasteiger partial charge in [0.2, 0.25) is 11.8 Å². The molecule has 2 saturated heterocycles. The van der Waals surface area contributed by atoms with E-state index >= 15 is 0 Å². The highest BCUT2D eigenvalue weighted by Gasteiger charge is 2.39. The third kappa shape index (κ3) is 3.12. The molecule has 2 rings (SSSR count). The Labute approximate surface area is 119 Å². The van der Waals surface area contributed by atoms with Gasteiger partial charge in [-0.15, -0.1) is 0 Å². The Hall–Kier alpha value is -1.14. The number of aliphatic hydroxyl groups is 1. The van der Waals surface area contributed by atoms with E-state index in [1.807, 2.05) is 20.8 Å². The lowest BCUT2D eigenvalue weighted by molar-refractivity contribution is -0.151. The van der Waals surface area contributed by atoms with Crippen LogP contribution >= 0.6 is 0 Å². The van der Waals surface area contributed by atoms with Crippen LogP contribution in [0.15, 0.2) is 0 Å². The Kier molecular flexibility index (Phi) is 4.65. The van der Waals surface area contributed by atoms with Gasteiger partial charge in [0.05, 0.1) is 24.7 Å². The third-order valence-electron chi connectivity index (χ3n) is 3.97. The molecule has 0 spiro atoms. The summed E-state index contributed by atoms with van der Waals surface area (Å²) in [6.07, 6.45) is -0.101. The molecule has 0 aliphatic carbocycles. The van der Waals surface area contributed by atoms with Crippen LogP contribution < -0.4 is 0 Å². The average molecular weight is 284 g/mol. The molecule has 114 valence electrons. The van der Waals surface area contributed by atoms with Crippen molar-refractivity contribution in [3.05, 3.63) is 0 Å². The van der Waals surface area contributed by atoms with Crippen LogP contribution in [0.5, 0.6) is 0 Å². The van der Waals surface area contributed by atoms with Crippen LogP contribution in [-0.4, -0.2) is 71.2 Å². The maximum absolute atomic E-state index is 12.5. The molecule has 6 nitrogen and oxygen atoms in total. The van der Waals surface area contributed by atoms with Gasteiger partial charge in [-0.1, -0.05) is 0 Å². The smallest absolute Gasteiger partial charge is 0.228 e. The van der Waals surface area contributed by atoms with Crippen LogP contribution in [0, 0.1) is 5.92 Å². The number of aliphatic hydroxyl groups excluding tert-OH is 1. The van der Waals surface area contributed by atoms with Gasteiger partial charge in [-0.25, -0.2) is 0 Å². The number of rotatable bonds is 3. The summed E-state index contributed by atoms with van der Waals surface area (Å²) in [6, 6.07) is 0.133. The molecule has 0 bridgehead atoms. The fourth-order valence-corrected chi connectivity index (χ4v) is 2.98. The minimum atomic E-state index is -0.319. The second-order valence-corrected chi connectivity index (χ2v) is 6.04. The number of morpholine rings is 1. The molecular formula is C14H24N2O4. The van der Waals surface area contributed by atoms with Crippen molar-refractivity contribution >= 4 is 11.8 Å². The van der Waals surface area contributed by atoms with E-state index in [0.717, 1.165) is 0 Å². The number of hydrogen-bond donors (Lipinski definition) is 1. The van der Waals surface area contributed by atoms with Crippen LogP contribution in [0.4, 0.5) is 0 Å². The summed E-state index contributed by atoms with van der Waals surface area (Å²) in [6.45, 7) is 7.17. The van der Waals surface area contributed by atoms with Gasteiger partial charge in [-0.05, 0) is 20.8 Å². The van der Waals surface area contributed by atoms with Crippen LogP contribution in [-0.2, 0) is 14.3 Å². The average Bonchev–Trinajstić information content (AvgIpc) is 2.79. The summed E-state index contributed by atoms with van der Waals surface area (Å²) >= 11 is 0. The van der Waals surface area contributed by atoms with Crippen molar-refractivity contribution in [3.63, 3.8) is 0 Å². The first kappa shape index (κ1) is 15.3. The summed E-state index contributed by atoms with van der Waals surface area (Å²) in [5, 5.41) is 9.21. The normalized spacial score (nSPS) is 31.2. The van der Waals surface area contributed by atoms with Gasteiger partial charge in [0.15, 0.2) is 0 Å². The number of nitrogens with zero attached hydrogens (tertiary/aromatic N) is 2. The van der Waals surface area contributed by atoms with E-state index < -0.39 is 0 Å². The summed E-state index contributed by atoms with van der Waals surface area (Å²) in [5.74, 6) is -0.192. The monoisotopic (exact) mass is 284 g/mol. The minimum absolute atomic E-state index is 0.00935. The molecule has 0 radical (unpaired) electrons. The maximum Gasteiger partial charge on any atom is 0.228 e. The molecule has 3 atom stereocenters. The molecule has 0 aromatic rings. The van der Waals surface area contributed by atoms with Gasteiger partial charge in [-0.3, -0.25) is 9.59 Å². The lowest BCUT2D eigenvalue weighted by atomic mass is 10.1. The Bertz CT molecular complexity index is 385. The first-order valence-electron chi connectivity index (χ1n) is 7.27. The zero-order valence-electron chi connectivity index (χ0n) is 12.4. The van der Waals surface area contributed by atoms with Crippen LogP contribution in [0.3, 0.4) is 0 Å². The zero-order valence-corrected chi connectivity index (χ0v) is 12.4. The highest BCUT2D eigenvalue weighted by molar-refractivity contribution is 5.89. The summed E-state index contributed by atoms with van der Waals surface area (Å²) in [4.78, 5) is 27.9. The van der Waals surface area contributed by atoms with E-state index in [9.17, 15) is 14.7 Å². The van der Waals surface area contributed by atoms with Crippen molar-refractivity contribution in [2.45, 2.75) is 45.4 Å². The summed E-state index contributed by atoms with van der Waals surface area (Å²) < 4.78 is 5.54. The number of ether oxygens (including phenoxy) is 1. The number of carbonyl (C=O) groups excluding carboxylic acids is 2. The highest BCUT2D eigenvalue weighted by atomic mass is 16.5. The minimum Gasteiger partial charge on any atom is -0.394 e. The predicted octanol–water partition coefficient (Wildman–Crippen LogP) is -0.148. The molecule has 20 heavy (non-hydrogen) atoms. The van der Waals surface area contributed by atoms with Crippen molar-refractivity contribution in [3.8, 4) is 0 Å². The molecule has 0 aromatic heterocycles. The lowest BCUT2D eigenvalue weighted by Gasteiger charge is -2.37. The van der Waals surface area contributed by atoms with Crippen molar-refractivity contribution in [2.24, 2.45) is 5.92 Å². The molecule has 1 N–H and O–H groups in total. The second kappa shape index (κ2) is 6.10. The number of hydrogen-bond acceptors (Lipinski definition) is 4. The van der Waals surface area contributed by atoms with Gasteiger partial charge >= 0.3 is 0 Å². The SMILES string of the molecule is CC1CN(C(=O)C2CC(=O)N(C(C)C)C2)CC(CO)O1. The van der Waals surface area contributed by atoms with Gasteiger partial charge < -0.3 is 19.6 Å². The molecule has 2 heterocycles. The van der Waals surface area contributed by atoms with E-state index in [2.05, 4.69) is 0 Å². The molecule has 6 heteroatoms. The molecule has 0 saturated carbocycles. The van der Waals surface area contributed by atoms with Crippen molar-refractivity contribution < 1.29 is 19.4 Å². The number of carbonyl (C=O) groups is 2. The fourth-order valence-electron chi connectivity index (χ4n) is 2.98. The van der Waals surface area contributed by atoms with E-state index in [4.69, 9.17) is 4.74 Å². The largest absolute Gasteiger partial charge is 0.394 e. The fraction of sp³-hybridized carbons (Fsp3) is 0.857. The predicted molar refractivity (Wildman–Crippen MR) is 73.0 cm³/mol. The Morgan fingerprint density at radius 1 is 1.40 bits per heavy atom. The van der Waals surface area contributed by atoms with Crippen LogP contribution in [0.2, 0.25) is 0 Å². The topological polar surface area (TPSA) is 70.1 Å². The summed E-state index contributed by atoms with van der Waals surface area (Å²) in [7, 11) is 0. The van der Waals surface area contributed by atoms with Gasteiger partial charge in [0.25, 0.3) is 0 Å². The molecule has 2 amide bonds. The molecular weight excluding hydrogens is 260 g/mol. The maximum atomic E-state index is 12.5. The summed E-state index contributed by atoms with van der Waals surface area (Å²) in [5.41, 5.74) is 0. The van der Waals surface area contributed by atoms with Gasteiger partial charge in [0.1, 0.15) is 0 Å². The molecule has 0 aromatic carbocycles. The van der Waals surface area contributed by atoms with E-state index in [1.165, 1.54) is 0 Å². The Balaban J connectivity index is 1.99. The number of likely N-dealkylation sites (tertiary alicyclic amines) is 1. The molecule has 2 aliphatic heterocycles. The first-order valence-corrected chi connectivity index (χ1v) is 7.27. The van der Waals surface area contributed by atoms with Crippen molar-refractivity contribution in [1.29, 1.82) is 0 Å². The van der Waals surface area contributed by atoms with Crippen molar-refractivity contribution in [2.75, 3.05) is 26.2 Å². The van der Waals surface area contributed by atoms with Crippen LogP contribution in [0.1, 0.15) is 27.2 Å².